The largest absolute Gasteiger partial charge is 0.309 e. The van der Waals surface area contributed by atoms with Gasteiger partial charge in [-0.15, -0.1) is 11.6 Å². The SMILES string of the molecule is CCCC(C)n1c(CCl)nc2cc(C)cnc21. The zero-order chi connectivity index (χ0) is 12.4. The van der Waals surface area contributed by atoms with Crippen molar-refractivity contribution in [3.63, 3.8) is 0 Å². The van der Waals surface area contributed by atoms with Gasteiger partial charge in [-0.2, -0.15) is 0 Å². The summed E-state index contributed by atoms with van der Waals surface area (Å²) in [6, 6.07) is 2.46. The van der Waals surface area contributed by atoms with Crippen LogP contribution >= 0.6 is 11.6 Å². The van der Waals surface area contributed by atoms with Crippen LogP contribution in [-0.2, 0) is 5.88 Å². The Morgan fingerprint density at radius 1 is 1.47 bits per heavy atom. The van der Waals surface area contributed by atoms with E-state index < -0.39 is 0 Å². The first-order valence-corrected chi connectivity index (χ1v) is 6.60. The lowest BCUT2D eigenvalue weighted by molar-refractivity contribution is 0.498. The Labute approximate surface area is 107 Å². The van der Waals surface area contributed by atoms with Crippen LogP contribution in [0.5, 0.6) is 0 Å². The molecule has 0 fully saturated rings. The molecule has 1 unspecified atom stereocenters. The first kappa shape index (κ1) is 12.4. The zero-order valence-electron chi connectivity index (χ0n) is 10.6. The van der Waals surface area contributed by atoms with Crippen molar-refractivity contribution >= 4 is 22.8 Å². The number of nitrogens with zero attached hydrogens (tertiary/aromatic N) is 3. The predicted molar refractivity (Wildman–Crippen MR) is 71.4 cm³/mol. The van der Waals surface area contributed by atoms with E-state index in [4.69, 9.17) is 11.6 Å². The molecule has 3 nitrogen and oxygen atoms in total. The number of aromatic nitrogens is 3. The van der Waals surface area contributed by atoms with Gasteiger partial charge in [-0.25, -0.2) is 9.97 Å². The van der Waals surface area contributed by atoms with Crippen molar-refractivity contribution < 1.29 is 0 Å². The van der Waals surface area contributed by atoms with Gasteiger partial charge in [-0.1, -0.05) is 13.3 Å². The van der Waals surface area contributed by atoms with Crippen molar-refractivity contribution in [3.8, 4) is 0 Å². The van der Waals surface area contributed by atoms with Crippen LogP contribution < -0.4 is 0 Å². The third kappa shape index (κ3) is 2.29. The van der Waals surface area contributed by atoms with Crippen LogP contribution in [0.1, 0.15) is 44.1 Å². The number of aryl methyl sites for hydroxylation is 1. The molecule has 0 spiro atoms. The highest BCUT2D eigenvalue weighted by molar-refractivity contribution is 6.16. The molecule has 2 rings (SSSR count). The number of rotatable bonds is 4. The number of hydrogen-bond acceptors (Lipinski definition) is 2. The highest BCUT2D eigenvalue weighted by Gasteiger charge is 2.15. The zero-order valence-corrected chi connectivity index (χ0v) is 11.3. The van der Waals surface area contributed by atoms with Gasteiger partial charge in [0.05, 0.1) is 5.88 Å². The molecule has 2 heterocycles. The standard InChI is InChI=1S/C13H18ClN3/c1-4-5-10(3)17-12(7-14)16-11-6-9(2)8-15-13(11)17/h6,8,10H,4-5,7H2,1-3H3. The maximum Gasteiger partial charge on any atom is 0.160 e. The van der Waals surface area contributed by atoms with Crippen LogP contribution in [-0.4, -0.2) is 14.5 Å². The number of pyridine rings is 1. The molecular formula is C13H18ClN3. The molecule has 0 saturated carbocycles. The topological polar surface area (TPSA) is 30.7 Å². The smallest absolute Gasteiger partial charge is 0.160 e. The van der Waals surface area contributed by atoms with E-state index in [-0.39, 0.29) is 0 Å². The van der Waals surface area contributed by atoms with Gasteiger partial charge < -0.3 is 4.57 Å². The Balaban J connectivity index is 2.58. The fraction of sp³-hybridized carbons (Fsp3) is 0.538. The van der Waals surface area contributed by atoms with Crippen molar-refractivity contribution in [2.45, 2.75) is 45.5 Å². The summed E-state index contributed by atoms with van der Waals surface area (Å²) < 4.78 is 2.17. The van der Waals surface area contributed by atoms with E-state index in [9.17, 15) is 0 Å². The minimum atomic E-state index is 0.397. The van der Waals surface area contributed by atoms with Crippen LogP contribution in [0.3, 0.4) is 0 Å². The van der Waals surface area contributed by atoms with Gasteiger partial charge in [0.2, 0.25) is 0 Å². The van der Waals surface area contributed by atoms with Crippen molar-refractivity contribution in [3.05, 3.63) is 23.7 Å². The third-order valence-electron chi connectivity index (χ3n) is 3.01. The molecule has 0 aliphatic carbocycles. The summed E-state index contributed by atoms with van der Waals surface area (Å²) in [5, 5.41) is 0. The van der Waals surface area contributed by atoms with Gasteiger partial charge >= 0.3 is 0 Å². The molecule has 2 aromatic rings. The van der Waals surface area contributed by atoms with E-state index in [1.807, 2.05) is 13.1 Å². The fourth-order valence-corrected chi connectivity index (χ4v) is 2.42. The average Bonchev–Trinajstić information content (AvgIpc) is 2.66. The average molecular weight is 252 g/mol. The summed E-state index contributed by atoms with van der Waals surface area (Å²) in [6.45, 7) is 6.41. The fourth-order valence-electron chi connectivity index (χ4n) is 2.23. The molecule has 0 N–H and O–H groups in total. The molecule has 0 aromatic carbocycles. The lowest BCUT2D eigenvalue weighted by Crippen LogP contribution is -2.08. The molecule has 0 radical (unpaired) electrons. The summed E-state index contributed by atoms with van der Waals surface area (Å²) in [6.07, 6.45) is 4.15. The highest BCUT2D eigenvalue weighted by Crippen LogP contribution is 2.23. The minimum Gasteiger partial charge on any atom is -0.309 e. The highest BCUT2D eigenvalue weighted by atomic mass is 35.5. The molecule has 0 aliphatic rings. The van der Waals surface area contributed by atoms with E-state index in [0.29, 0.717) is 11.9 Å². The molecule has 0 amide bonds. The molecular weight excluding hydrogens is 234 g/mol. The van der Waals surface area contributed by atoms with Crippen LogP contribution in [0, 0.1) is 6.92 Å². The van der Waals surface area contributed by atoms with Gasteiger partial charge in [0.15, 0.2) is 5.65 Å². The van der Waals surface area contributed by atoms with Crippen LogP contribution in [0.15, 0.2) is 12.3 Å². The normalized spacial score (nSPS) is 13.2. The minimum absolute atomic E-state index is 0.397. The second-order valence-corrected chi connectivity index (χ2v) is 4.79. The summed E-state index contributed by atoms with van der Waals surface area (Å²) in [4.78, 5) is 9.06. The van der Waals surface area contributed by atoms with E-state index in [1.54, 1.807) is 0 Å². The van der Waals surface area contributed by atoms with E-state index in [2.05, 4.69) is 34.4 Å². The number of hydrogen-bond donors (Lipinski definition) is 0. The summed E-state index contributed by atoms with van der Waals surface area (Å²) >= 11 is 5.98. The Morgan fingerprint density at radius 2 is 2.24 bits per heavy atom. The molecule has 92 valence electrons. The van der Waals surface area contributed by atoms with E-state index in [1.165, 1.54) is 0 Å². The van der Waals surface area contributed by atoms with Gasteiger partial charge in [0.25, 0.3) is 0 Å². The molecule has 17 heavy (non-hydrogen) atoms. The number of alkyl halides is 1. The van der Waals surface area contributed by atoms with E-state index in [0.717, 1.165) is 35.4 Å². The molecule has 1 atom stereocenters. The maximum atomic E-state index is 5.98. The van der Waals surface area contributed by atoms with Gasteiger partial charge in [0.1, 0.15) is 11.3 Å². The second kappa shape index (κ2) is 5.05. The summed E-state index contributed by atoms with van der Waals surface area (Å²) in [5.74, 6) is 1.35. The van der Waals surface area contributed by atoms with E-state index >= 15 is 0 Å². The molecule has 0 saturated heterocycles. The monoisotopic (exact) mass is 251 g/mol. The Kier molecular flexibility index (Phi) is 3.67. The number of fused-ring (bicyclic) bond motifs is 1. The molecule has 0 aliphatic heterocycles. The molecule has 4 heteroatoms. The molecule has 0 bridgehead atoms. The summed E-state index contributed by atoms with van der Waals surface area (Å²) in [7, 11) is 0. The maximum absolute atomic E-state index is 5.98. The van der Waals surface area contributed by atoms with Crippen molar-refractivity contribution in [1.29, 1.82) is 0 Å². The van der Waals surface area contributed by atoms with Gasteiger partial charge in [-0.3, -0.25) is 0 Å². The van der Waals surface area contributed by atoms with Crippen molar-refractivity contribution in [2.75, 3.05) is 0 Å². The lowest BCUT2D eigenvalue weighted by Gasteiger charge is -2.15. The predicted octanol–water partition coefficient (Wildman–Crippen LogP) is 3.84. The third-order valence-corrected chi connectivity index (χ3v) is 3.25. The lowest BCUT2D eigenvalue weighted by atomic mass is 10.2. The van der Waals surface area contributed by atoms with Crippen LogP contribution in [0.25, 0.3) is 11.2 Å². The first-order chi connectivity index (χ1) is 8.17. The number of imidazole rings is 1. The summed E-state index contributed by atoms with van der Waals surface area (Å²) in [5.41, 5.74) is 3.03. The Hall–Kier alpha value is -1.09. The van der Waals surface area contributed by atoms with Gasteiger partial charge in [-0.05, 0) is 31.9 Å². The second-order valence-electron chi connectivity index (χ2n) is 4.52. The van der Waals surface area contributed by atoms with Crippen LogP contribution in [0.2, 0.25) is 0 Å². The van der Waals surface area contributed by atoms with Crippen LogP contribution in [0.4, 0.5) is 0 Å². The van der Waals surface area contributed by atoms with Crippen molar-refractivity contribution in [1.82, 2.24) is 14.5 Å². The van der Waals surface area contributed by atoms with Gasteiger partial charge in [0, 0.05) is 12.2 Å². The Morgan fingerprint density at radius 3 is 2.88 bits per heavy atom. The first-order valence-electron chi connectivity index (χ1n) is 6.06. The number of halogens is 1. The molecule has 2 aromatic heterocycles. The quantitative estimate of drug-likeness (QED) is 0.773. The Bertz CT molecular complexity index is 519. The van der Waals surface area contributed by atoms with Crippen molar-refractivity contribution in [2.24, 2.45) is 0 Å².